The van der Waals surface area contributed by atoms with E-state index >= 15 is 0 Å². The van der Waals surface area contributed by atoms with Crippen LogP contribution in [0.3, 0.4) is 0 Å². The molecule has 104 valence electrons. The van der Waals surface area contributed by atoms with Crippen LogP contribution in [0.1, 0.15) is 45.9 Å². The van der Waals surface area contributed by atoms with Gasteiger partial charge in [-0.15, -0.1) is 0 Å². The fraction of sp³-hybridized carbons (Fsp3) is 0.562. The predicted molar refractivity (Wildman–Crippen MR) is 81.2 cm³/mol. The molecule has 19 heavy (non-hydrogen) atoms. The molecule has 0 amide bonds. The molecule has 1 aliphatic rings. The van der Waals surface area contributed by atoms with Gasteiger partial charge < -0.3 is 10.6 Å². The summed E-state index contributed by atoms with van der Waals surface area (Å²) in [5.74, 6) is 0. The van der Waals surface area contributed by atoms with Crippen molar-refractivity contribution >= 4 is 5.69 Å². The second-order valence-corrected chi connectivity index (χ2v) is 6.41. The lowest BCUT2D eigenvalue weighted by atomic mass is 9.83. The highest BCUT2D eigenvalue weighted by atomic mass is 15.1. The third-order valence-corrected chi connectivity index (χ3v) is 3.77. The van der Waals surface area contributed by atoms with Gasteiger partial charge in [0.1, 0.15) is 0 Å². The van der Waals surface area contributed by atoms with Gasteiger partial charge in [-0.3, -0.25) is 4.98 Å². The van der Waals surface area contributed by atoms with Gasteiger partial charge in [0, 0.05) is 19.1 Å². The molecule has 1 aromatic heterocycles. The Balaban J connectivity index is 2.07. The minimum absolute atomic E-state index is 0.00259. The van der Waals surface area contributed by atoms with Crippen LogP contribution in [0.15, 0.2) is 30.0 Å². The third kappa shape index (κ3) is 3.35. The van der Waals surface area contributed by atoms with E-state index in [0.29, 0.717) is 5.41 Å². The fourth-order valence-corrected chi connectivity index (χ4v) is 2.44. The van der Waals surface area contributed by atoms with Gasteiger partial charge in [-0.2, -0.15) is 0 Å². The standard InChI is InChI=1S/C16H25N3/c1-12(17)15-6-5-14(11-18-15)19-9-7-13(8-10-19)16(2,3)4/h5-7,11-12H,8-10,17H2,1-4H3/t12-/m1/s1. The molecule has 1 atom stereocenters. The summed E-state index contributed by atoms with van der Waals surface area (Å²) in [6.07, 6.45) is 5.44. The first-order valence-electron chi connectivity index (χ1n) is 7.04. The Bertz CT molecular complexity index is 452. The van der Waals surface area contributed by atoms with Crippen LogP contribution in [0.4, 0.5) is 5.69 Å². The van der Waals surface area contributed by atoms with Crippen LogP contribution in [0.25, 0.3) is 0 Å². The molecule has 0 aromatic carbocycles. The highest BCUT2D eigenvalue weighted by Crippen LogP contribution is 2.31. The van der Waals surface area contributed by atoms with Crippen molar-refractivity contribution in [2.24, 2.45) is 11.1 Å². The summed E-state index contributed by atoms with van der Waals surface area (Å²) >= 11 is 0. The largest absolute Gasteiger partial charge is 0.366 e. The molecule has 1 aliphatic heterocycles. The molecule has 1 aromatic rings. The van der Waals surface area contributed by atoms with Crippen LogP contribution in [0.5, 0.6) is 0 Å². The molecule has 0 fully saturated rings. The quantitative estimate of drug-likeness (QED) is 0.829. The second-order valence-electron chi connectivity index (χ2n) is 6.41. The summed E-state index contributed by atoms with van der Waals surface area (Å²) in [7, 11) is 0. The Labute approximate surface area is 116 Å². The molecule has 3 heteroatoms. The van der Waals surface area contributed by atoms with Gasteiger partial charge in [0.05, 0.1) is 17.6 Å². The Kier molecular flexibility index (Phi) is 3.95. The van der Waals surface area contributed by atoms with Gasteiger partial charge in [0.15, 0.2) is 0 Å². The van der Waals surface area contributed by atoms with E-state index in [1.807, 2.05) is 19.2 Å². The van der Waals surface area contributed by atoms with Gasteiger partial charge in [-0.1, -0.05) is 32.4 Å². The van der Waals surface area contributed by atoms with Crippen molar-refractivity contribution in [1.82, 2.24) is 4.98 Å². The highest BCUT2D eigenvalue weighted by molar-refractivity contribution is 5.47. The molecule has 0 unspecified atom stereocenters. The maximum atomic E-state index is 5.82. The number of rotatable bonds is 2. The zero-order valence-corrected chi connectivity index (χ0v) is 12.5. The average molecular weight is 259 g/mol. The molecule has 0 bridgehead atoms. The zero-order valence-electron chi connectivity index (χ0n) is 12.5. The van der Waals surface area contributed by atoms with E-state index in [9.17, 15) is 0 Å². The summed E-state index contributed by atoms with van der Waals surface area (Å²) in [4.78, 5) is 6.80. The van der Waals surface area contributed by atoms with Gasteiger partial charge in [-0.25, -0.2) is 0 Å². The number of anilines is 1. The van der Waals surface area contributed by atoms with E-state index in [2.05, 4.69) is 42.8 Å². The molecular formula is C16H25N3. The van der Waals surface area contributed by atoms with Crippen molar-refractivity contribution in [1.29, 1.82) is 0 Å². The summed E-state index contributed by atoms with van der Waals surface area (Å²) < 4.78 is 0. The van der Waals surface area contributed by atoms with Crippen LogP contribution in [-0.4, -0.2) is 18.1 Å². The summed E-state index contributed by atoms with van der Waals surface area (Å²) in [6.45, 7) is 10.9. The zero-order chi connectivity index (χ0) is 14.0. The Morgan fingerprint density at radius 2 is 2.05 bits per heavy atom. The molecule has 2 rings (SSSR count). The maximum absolute atomic E-state index is 5.82. The van der Waals surface area contributed by atoms with Crippen molar-refractivity contribution in [3.8, 4) is 0 Å². The number of nitrogens with two attached hydrogens (primary N) is 1. The van der Waals surface area contributed by atoms with Crippen molar-refractivity contribution in [2.45, 2.75) is 40.2 Å². The number of pyridine rings is 1. The average Bonchev–Trinajstić information content (AvgIpc) is 2.38. The van der Waals surface area contributed by atoms with Crippen LogP contribution in [-0.2, 0) is 0 Å². The molecule has 0 aliphatic carbocycles. The molecule has 0 saturated carbocycles. The van der Waals surface area contributed by atoms with Crippen LogP contribution >= 0.6 is 0 Å². The lowest BCUT2D eigenvalue weighted by Crippen LogP contribution is -2.31. The SMILES string of the molecule is C[C@@H](N)c1ccc(N2CC=C(C(C)(C)C)CC2)cn1. The van der Waals surface area contributed by atoms with Gasteiger partial charge in [0.2, 0.25) is 0 Å². The van der Waals surface area contributed by atoms with Gasteiger partial charge in [0.25, 0.3) is 0 Å². The van der Waals surface area contributed by atoms with Crippen molar-refractivity contribution in [3.05, 3.63) is 35.7 Å². The molecule has 2 N–H and O–H groups in total. The van der Waals surface area contributed by atoms with E-state index in [-0.39, 0.29) is 6.04 Å². The molecule has 0 saturated heterocycles. The Hall–Kier alpha value is -1.35. The van der Waals surface area contributed by atoms with Gasteiger partial charge >= 0.3 is 0 Å². The van der Waals surface area contributed by atoms with E-state index < -0.39 is 0 Å². The lowest BCUT2D eigenvalue weighted by Gasteiger charge is -2.33. The Morgan fingerprint density at radius 1 is 1.32 bits per heavy atom. The van der Waals surface area contributed by atoms with Crippen LogP contribution in [0, 0.1) is 5.41 Å². The summed E-state index contributed by atoms with van der Waals surface area (Å²) in [5.41, 5.74) is 9.82. The first-order valence-corrected chi connectivity index (χ1v) is 7.04. The number of hydrogen-bond donors (Lipinski definition) is 1. The molecule has 3 nitrogen and oxygen atoms in total. The molecular weight excluding hydrogens is 234 g/mol. The smallest absolute Gasteiger partial charge is 0.0569 e. The molecule has 0 radical (unpaired) electrons. The van der Waals surface area contributed by atoms with E-state index in [1.54, 1.807) is 5.57 Å². The number of aromatic nitrogens is 1. The van der Waals surface area contributed by atoms with E-state index in [1.165, 1.54) is 5.69 Å². The monoisotopic (exact) mass is 259 g/mol. The highest BCUT2D eigenvalue weighted by Gasteiger charge is 2.21. The van der Waals surface area contributed by atoms with Crippen molar-refractivity contribution < 1.29 is 0 Å². The van der Waals surface area contributed by atoms with E-state index in [4.69, 9.17) is 5.73 Å². The maximum Gasteiger partial charge on any atom is 0.0569 e. The minimum Gasteiger partial charge on any atom is -0.366 e. The van der Waals surface area contributed by atoms with Crippen LogP contribution < -0.4 is 10.6 Å². The Morgan fingerprint density at radius 3 is 2.47 bits per heavy atom. The lowest BCUT2D eigenvalue weighted by molar-refractivity contribution is 0.472. The first kappa shape index (κ1) is 14.1. The second kappa shape index (κ2) is 5.33. The first-order chi connectivity index (χ1) is 8.88. The third-order valence-electron chi connectivity index (χ3n) is 3.77. The van der Waals surface area contributed by atoms with Gasteiger partial charge in [-0.05, 0) is 30.9 Å². The topological polar surface area (TPSA) is 42.1 Å². The van der Waals surface area contributed by atoms with Crippen molar-refractivity contribution in [2.75, 3.05) is 18.0 Å². The van der Waals surface area contributed by atoms with Crippen LogP contribution in [0.2, 0.25) is 0 Å². The molecule has 2 heterocycles. The predicted octanol–water partition coefficient (Wildman–Crippen LogP) is 3.28. The normalized spacial score (nSPS) is 18.2. The summed E-state index contributed by atoms with van der Waals surface area (Å²) in [5, 5.41) is 0. The minimum atomic E-state index is 0.00259. The number of nitrogens with zero attached hydrogens (tertiary/aromatic N) is 2. The summed E-state index contributed by atoms with van der Waals surface area (Å²) in [6, 6.07) is 4.16. The van der Waals surface area contributed by atoms with E-state index in [0.717, 1.165) is 25.2 Å². The van der Waals surface area contributed by atoms with Crippen molar-refractivity contribution in [3.63, 3.8) is 0 Å². The number of hydrogen-bond acceptors (Lipinski definition) is 3. The fourth-order valence-electron chi connectivity index (χ4n) is 2.44. The molecule has 0 spiro atoms.